The Morgan fingerprint density at radius 1 is 1.15 bits per heavy atom. The quantitative estimate of drug-likeness (QED) is 0.849. The largest absolute Gasteiger partial charge is 0.396 e. The van der Waals surface area contributed by atoms with Gasteiger partial charge < -0.3 is 11.1 Å². The Hall–Kier alpha value is -2.01. The van der Waals surface area contributed by atoms with Crippen molar-refractivity contribution in [2.24, 2.45) is 0 Å². The van der Waals surface area contributed by atoms with Crippen molar-refractivity contribution in [3.8, 4) is 0 Å². The molecular formula is C15H18N2O2S. The van der Waals surface area contributed by atoms with Gasteiger partial charge in [0.2, 0.25) is 0 Å². The lowest BCUT2D eigenvalue weighted by molar-refractivity contribution is 0.602. The second kappa shape index (κ2) is 5.54. The van der Waals surface area contributed by atoms with E-state index in [-0.39, 0.29) is 10.6 Å². The minimum atomic E-state index is -3.31. The van der Waals surface area contributed by atoms with E-state index in [0.29, 0.717) is 12.2 Å². The predicted molar refractivity (Wildman–Crippen MR) is 82.5 cm³/mol. The summed E-state index contributed by atoms with van der Waals surface area (Å²) in [6.07, 6.45) is 1.16. The third-order valence-corrected chi connectivity index (χ3v) is 4.19. The molecule has 0 saturated carbocycles. The number of nitrogens with two attached hydrogens (primary N) is 1. The van der Waals surface area contributed by atoms with Crippen molar-refractivity contribution in [1.29, 1.82) is 0 Å². The van der Waals surface area contributed by atoms with Crippen LogP contribution in [0, 0.1) is 6.92 Å². The number of hydrogen-bond acceptors (Lipinski definition) is 4. The molecular weight excluding hydrogens is 272 g/mol. The van der Waals surface area contributed by atoms with E-state index in [4.69, 9.17) is 5.73 Å². The predicted octanol–water partition coefficient (Wildman–Crippen LogP) is 2.59. The second-order valence-corrected chi connectivity index (χ2v) is 6.82. The highest BCUT2D eigenvalue weighted by Crippen LogP contribution is 2.26. The molecule has 5 heteroatoms. The normalized spacial score (nSPS) is 11.3. The Bertz CT molecular complexity index is 724. The molecule has 3 N–H and O–H groups in total. The minimum Gasteiger partial charge on any atom is -0.396 e. The Morgan fingerprint density at radius 3 is 2.50 bits per heavy atom. The first kappa shape index (κ1) is 14.4. The van der Waals surface area contributed by atoms with Gasteiger partial charge in [0.15, 0.2) is 9.84 Å². The number of rotatable bonds is 4. The SMILES string of the molecule is Cc1cccc(CNc2cccc(S(C)(=O)=O)c2N)c1. The van der Waals surface area contributed by atoms with Gasteiger partial charge >= 0.3 is 0 Å². The summed E-state index contributed by atoms with van der Waals surface area (Å²) >= 11 is 0. The molecule has 0 bridgehead atoms. The van der Waals surface area contributed by atoms with E-state index in [2.05, 4.69) is 11.4 Å². The van der Waals surface area contributed by atoms with Crippen molar-refractivity contribution in [2.45, 2.75) is 18.4 Å². The molecule has 0 aliphatic rings. The Morgan fingerprint density at radius 2 is 1.85 bits per heavy atom. The third-order valence-electron chi connectivity index (χ3n) is 3.03. The van der Waals surface area contributed by atoms with E-state index in [1.807, 2.05) is 25.1 Å². The number of nitrogen functional groups attached to an aromatic ring is 1. The van der Waals surface area contributed by atoms with Crippen LogP contribution in [0.4, 0.5) is 11.4 Å². The molecule has 0 amide bonds. The van der Waals surface area contributed by atoms with Gasteiger partial charge in [0.25, 0.3) is 0 Å². The van der Waals surface area contributed by atoms with Crippen molar-refractivity contribution < 1.29 is 8.42 Å². The lowest BCUT2D eigenvalue weighted by Crippen LogP contribution is -2.07. The average Bonchev–Trinajstić information content (AvgIpc) is 2.36. The second-order valence-electron chi connectivity index (χ2n) is 4.83. The van der Waals surface area contributed by atoms with Gasteiger partial charge in [-0.2, -0.15) is 0 Å². The van der Waals surface area contributed by atoms with E-state index in [1.165, 1.54) is 11.6 Å². The number of sulfone groups is 1. The van der Waals surface area contributed by atoms with Crippen LogP contribution < -0.4 is 11.1 Å². The van der Waals surface area contributed by atoms with Crippen LogP contribution in [-0.2, 0) is 16.4 Å². The lowest BCUT2D eigenvalue weighted by Gasteiger charge is -2.12. The zero-order valence-corrected chi connectivity index (χ0v) is 12.4. The molecule has 0 aliphatic carbocycles. The summed E-state index contributed by atoms with van der Waals surface area (Å²) in [5, 5.41) is 3.18. The molecule has 0 spiro atoms. The standard InChI is InChI=1S/C15H18N2O2S/c1-11-5-3-6-12(9-11)10-17-13-7-4-8-14(15(13)16)20(2,18)19/h3-9,17H,10,16H2,1-2H3. The topological polar surface area (TPSA) is 72.2 Å². The van der Waals surface area contributed by atoms with Crippen molar-refractivity contribution >= 4 is 21.2 Å². The van der Waals surface area contributed by atoms with Crippen LogP contribution in [0.2, 0.25) is 0 Å². The van der Waals surface area contributed by atoms with Gasteiger partial charge in [0, 0.05) is 12.8 Å². The first-order valence-corrected chi connectivity index (χ1v) is 8.15. The van der Waals surface area contributed by atoms with Gasteiger partial charge in [-0.05, 0) is 24.6 Å². The highest BCUT2D eigenvalue weighted by atomic mass is 32.2. The number of nitrogens with one attached hydrogen (secondary N) is 1. The molecule has 0 aliphatic heterocycles. The minimum absolute atomic E-state index is 0.159. The summed E-state index contributed by atoms with van der Waals surface area (Å²) < 4.78 is 23.2. The third kappa shape index (κ3) is 3.30. The smallest absolute Gasteiger partial charge is 0.177 e. The van der Waals surface area contributed by atoms with Crippen LogP contribution in [-0.4, -0.2) is 14.7 Å². The van der Waals surface area contributed by atoms with Crippen molar-refractivity contribution in [3.05, 3.63) is 53.6 Å². The number of hydrogen-bond donors (Lipinski definition) is 2. The van der Waals surface area contributed by atoms with Crippen LogP contribution in [0.5, 0.6) is 0 Å². The number of anilines is 2. The van der Waals surface area contributed by atoms with Crippen molar-refractivity contribution in [3.63, 3.8) is 0 Å². The zero-order chi connectivity index (χ0) is 14.8. The van der Waals surface area contributed by atoms with Crippen molar-refractivity contribution in [1.82, 2.24) is 0 Å². The highest BCUT2D eigenvalue weighted by molar-refractivity contribution is 7.90. The van der Waals surface area contributed by atoms with E-state index >= 15 is 0 Å². The summed E-state index contributed by atoms with van der Waals surface area (Å²) in [7, 11) is -3.31. The fourth-order valence-corrected chi connectivity index (χ4v) is 2.88. The van der Waals surface area contributed by atoms with Gasteiger partial charge in [-0.1, -0.05) is 35.9 Å². The molecule has 0 unspecified atom stereocenters. The fraction of sp³-hybridized carbons (Fsp3) is 0.200. The molecule has 2 aromatic rings. The van der Waals surface area contributed by atoms with Gasteiger partial charge in [-0.15, -0.1) is 0 Å². The average molecular weight is 290 g/mol. The Balaban J connectivity index is 2.23. The number of aryl methyl sites for hydroxylation is 1. The molecule has 20 heavy (non-hydrogen) atoms. The van der Waals surface area contributed by atoms with Crippen LogP contribution in [0.15, 0.2) is 47.4 Å². The van der Waals surface area contributed by atoms with Gasteiger partial charge in [0.05, 0.1) is 16.3 Å². The molecule has 2 aromatic carbocycles. The number of benzene rings is 2. The molecule has 0 aromatic heterocycles. The maximum absolute atomic E-state index is 11.6. The zero-order valence-electron chi connectivity index (χ0n) is 11.6. The molecule has 2 rings (SSSR count). The monoisotopic (exact) mass is 290 g/mol. The van der Waals surface area contributed by atoms with Crippen LogP contribution >= 0.6 is 0 Å². The summed E-state index contributed by atoms with van der Waals surface area (Å²) in [4.78, 5) is 0.159. The molecule has 0 atom stereocenters. The summed E-state index contributed by atoms with van der Waals surface area (Å²) in [5.74, 6) is 0. The van der Waals surface area contributed by atoms with Crippen LogP contribution in [0.1, 0.15) is 11.1 Å². The molecule has 0 heterocycles. The van der Waals surface area contributed by atoms with E-state index in [1.54, 1.807) is 12.1 Å². The lowest BCUT2D eigenvalue weighted by atomic mass is 10.1. The highest BCUT2D eigenvalue weighted by Gasteiger charge is 2.13. The Kier molecular flexibility index (Phi) is 3.99. The van der Waals surface area contributed by atoms with Crippen LogP contribution in [0.25, 0.3) is 0 Å². The van der Waals surface area contributed by atoms with Gasteiger partial charge in [-0.25, -0.2) is 8.42 Å². The van der Waals surface area contributed by atoms with E-state index < -0.39 is 9.84 Å². The summed E-state index contributed by atoms with van der Waals surface area (Å²) in [5.41, 5.74) is 9.12. The summed E-state index contributed by atoms with van der Waals surface area (Å²) in [6.45, 7) is 2.63. The molecule has 0 radical (unpaired) electrons. The first-order valence-electron chi connectivity index (χ1n) is 6.26. The van der Waals surface area contributed by atoms with E-state index in [9.17, 15) is 8.42 Å². The summed E-state index contributed by atoms with van der Waals surface area (Å²) in [6, 6.07) is 13.1. The van der Waals surface area contributed by atoms with E-state index in [0.717, 1.165) is 11.8 Å². The van der Waals surface area contributed by atoms with Gasteiger partial charge in [-0.3, -0.25) is 0 Å². The fourth-order valence-electron chi connectivity index (χ4n) is 2.04. The first-order chi connectivity index (χ1) is 9.38. The maximum Gasteiger partial charge on any atom is 0.177 e. The van der Waals surface area contributed by atoms with Gasteiger partial charge in [0.1, 0.15) is 0 Å². The Labute approximate surface area is 119 Å². The van der Waals surface area contributed by atoms with Crippen molar-refractivity contribution in [2.75, 3.05) is 17.3 Å². The van der Waals surface area contributed by atoms with Crippen LogP contribution in [0.3, 0.4) is 0 Å². The maximum atomic E-state index is 11.6. The molecule has 4 nitrogen and oxygen atoms in total. The molecule has 106 valence electrons. The number of para-hydroxylation sites is 1. The molecule has 0 fully saturated rings. The molecule has 0 saturated heterocycles.